The van der Waals surface area contributed by atoms with E-state index in [0.717, 1.165) is 5.56 Å². The zero-order valence-electron chi connectivity index (χ0n) is 10.0. The van der Waals surface area contributed by atoms with Crippen molar-refractivity contribution in [3.8, 4) is 0 Å². The van der Waals surface area contributed by atoms with E-state index >= 15 is 0 Å². The Morgan fingerprint density at radius 1 is 1.56 bits per heavy atom. The van der Waals surface area contributed by atoms with Crippen LogP contribution in [0.1, 0.15) is 22.3 Å². The van der Waals surface area contributed by atoms with Crippen LogP contribution in [0.3, 0.4) is 0 Å². The number of amides is 1. The van der Waals surface area contributed by atoms with E-state index in [-0.39, 0.29) is 17.4 Å². The second kappa shape index (κ2) is 4.98. The van der Waals surface area contributed by atoms with Crippen LogP contribution in [-0.2, 0) is 4.79 Å². The number of halogens is 1. The number of carboxylic acids is 1. The molecule has 0 radical (unpaired) electrons. The van der Waals surface area contributed by atoms with Crippen LogP contribution in [-0.4, -0.2) is 29.4 Å². The molecule has 1 aliphatic rings. The van der Waals surface area contributed by atoms with Crippen LogP contribution in [0.2, 0.25) is 0 Å². The highest BCUT2D eigenvalue weighted by atomic mass is 35.5. The van der Waals surface area contributed by atoms with Crippen molar-refractivity contribution in [2.75, 3.05) is 17.3 Å². The number of benzene rings is 1. The molecular weight excluding hydrogens is 254 g/mol. The number of alkyl halides is 1. The van der Waals surface area contributed by atoms with Crippen LogP contribution in [0.5, 0.6) is 0 Å². The number of hydrogen-bond donors (Lipinski definition) is 1. The summed E-state index contributed by atoms with van der Waals surface area (Å²) < 4.78 is 0. The fourth-order valence-corrected chi connectivity index (χ4v) is 2.50. The van der Waals surface area contributed by atoms with E-state index in [4.69, 9.17) is 11.6 Å². The van der Waals surface area contributed by atoms with Crippen LogP contribution in [0.4, 0.5) is 5.69 Å². The standard InChI is InChI=1S/C13H14ClNO3/c1-8-3-2-4-10(13(17)18)12(8)15-7-9(6-14)5-11(15)16/h2-4,9H,5-7H2,1H3,(H,17,18). The molecule has 18 heavy (non-hydrogen) atoms. The molecule has 2 rings (SSSR count). The molecule has 1 aliphatic heterocycles. The molecule has 5 heteroatoms. The van der Waals surface area contributed by atoms with Crippen LogP contribution < -0.4 is 4.90 Å². The molecule has 96 valence electrons. The van der Waals surface area contributed by atoms with Gasteiger partial charge in [0.05, 0.1) is 11.3 Å². The molecule has 4 nitrogen and oxygen atoms in total. The summed E-state index contributed by atoms with van der Waals surface area (Å²) in [5.41, 5.74) is 1.46. The number of carboxylic acid groups (broad SMARTS) is 1. The van der Waals surface area contributed by atoms with Gasteiger partial charge >= 0.3 is 5.97 Å². The van der Waals surface area contributed by atoms with Gasteiger partial charge in [-0.2, -0.15) is 0 Å². The van der Waals surface area contributed by atoms with Gasteiger partial charge < -0.3 is 10.0 Å². The summed E-state index contributed by atoms with van der Waals surface area (Å²) in [5.74, 6) is -0.565. The maximum Gasteiger partial charge on any atom is 0.337 e. The molecule has 0 saturated carbocycles. The van der Waals surface area contributed by atoms with Gasteiger partial charge in [0.15, 0.2) is 0 Å². The van der Waals surface area contributed by atoms with Crippen LogP contribution >= 0.6 is 11.6 Å². The summed E-state index contributed by atoms with van der Waals surface area (Å²) in [7, 11) is 0. The third-order valence-corrected chi connectivity index (χ3v) is 3.60. The Hall–Kier alpha value is -1.55. The fraction of sp³-hybridized carbons (Fsp3) is 0.385. The van der Waals surface area contributed by atoms with Crippen molar-refractivity contribution in [3.05, 3.63) is 29.3 Å². The number of para-hydroxylation sites is 1. The first kappa shape index (κ1) is 12.9. The van der Waals surface area contributed by atoms with Crippen molar-refractivity contribution in [2.45, 2.75) is 13.3 Å². The average Bonchev–Trinajstić information content (AvgIpc) is 2.70. The quantitative estimate of drug-likeness (QED) is 0.855. The number of anilines is 1. The Bertz CT molecular complexity index is 501. The first-order valence-corrected chi connectivity index (χ1v) is 6.27. The molecule has 1 N–H and O–H groups in total. The zero-order chi connectivity index (χ0) is 13.3. The van der Waals surface area contributed by atoms with Crippen LogP contribution in [0.15, 0.2) is 18.2 Å². The van der Waals surface area contributed by atoms with Crippen molar-refractivity contribution in [2.24, 2.45) is 5.92 Å². The normalized spacial score (nSPS) is 19.3. The molecule has 1 heterocycles. The van der Waals surface area contributed by atoms with E-state index in [1.165, 1.54) is 6.07 Å². The Morgan fingerprint density at radius 3 is 2.83 bits per heavy atom. The summed E-state index contributed by atoms with van der Waals surface area (Å²) in [5, 5.41) is 9.20. The van der Waals surface area contributed by atoms with Crippen LogP contribution in [0, 0.1) is 12.8 Å². The second-order valence-corrected chi connectivity index (χ2v) is 4.81. The highest BCUT2D eigenvalue weighted by molar-refractivity contribution is 6.18. The van der Waals surface area contributed by atoms with E-state index in [1.807, 2.05) is 13.0 Å². The Balaban J connectivity index is 2.45. The number of nitrogens with zero attached hydrogens (tertiary/aromatic N) is 1. The number of aromatic carboxylic acids is 1. The van der Waals surface area contributed by atoms with E-state index in [2.05, 4.69) is 0 Å². The molecule has 1 aromatic rings. The van der Waals surface area contributed by atoms with E-state index in [0.29, 0.717) is 24.5 Å². The molecule has 1 saturated heterocycles. The molecular formula is C13H14ClNO3. The van der Waals surface area contributed by atoms with Gasteiger partial charge in [0.1, 0.15) is 0 Å². The largest absolute Gasteiger partial charge is 0.478 e. The highest BCUT2D eigenvalue weighted by Crippen LogP contribution is 2.31. The molecule has 0 bridgehead atoms. The maximum absolute atomic E-state index is 11.9. The van der Waals surface area contributed by atoms with Gasteiger partial charge in [0.25, 0.3) is 0 Å². The minimum atomic E-state index is -1.02. The van der Waals surface area contributed by atoms with Gasteiger partial charge in [-0.1, -0.05) is 12.1 Å². The van der Waals surface area contributed by atoms with Crippen molar-refractivity contribution in [1.82, 2.24) is 0 Å². The molecule has 1 amide bonds. The molecule has 1 atom stereocenters. The lowest BCUT2D eigenvalue weighted by Gasteiger charge is -2.21. The van der Waals surface area contributed by atoms with Crippen molar-refractivity contribution in [1.29, 1.82) is 0 Å². The first-order chi connectivity index (χ1) is 8.54. The van der Waals surface area contributed by atoms with E-state index in [9.17, 15) is 14.7 Å². The Labute approximate surface area is 110 Å². The second-order valence-electron chi connectivity index (χ2n) is 4.51. The van der Waals surface area contributed by atoms with Crippen molar-refractivity contribution >= 4 is 29.2 Å². The highest BCUT2D eigenvalue weighted by Gasteiger charge is 2.32. The summed E-state index contributed by atoms with van der Waals surface area (Å²) in [6.07, 6.45) is 0.386. The Morgan fingerprint density at radius 2 is 2.28 bits per heavy atom. The van der Waals surface area contributed by atoms with Crippen molar-refractivity contribution < 1.29 is 14.7 Å². The molecule has 0 aromatic heterocycles. The molecule has 1 unspecified atom stereocenters. The number of carbonyl (C=O) groups excluding carboxylic acids is 1. The Kier molecular flexibility index (Phi) is 3.57. The lowest BCUT2D eigenvalue weighted by Crippen LogP contribution is -2.27. The molecule has 0 aliphatic carbocycles. The first-order valence-electron chi connectivity index (χ1n) is 5.73. The molecule has 1 aromatic carbocycles. The van der Waals surface area contributed by atoms with Gasteiger partial charge in [-0.05, 0) is 24.5 Å². The predicted molar refractivity (Wildman–Crippen MR) is 69.3 cm³/mol. The predicted octanol–water partition coefficient (Wildman–Crippen LogP) is 2.28. The minimum Gasteiger partial charge on any atom is -0.478 e. The van der Waals surface area contributed by atoms with Crippen LogP contribution in [0.25, 0.3) is 0 Å². The summed E-state index contributed by atoms with van der Waals surface area (Å²) in [4.78, 5) is 24.7. The number of rotatable bonds is 3. The average molecular weight is 268 g/mol. The minimum absolute atomic E-state index is 0.0579. The summed E-state index contributed by atoms with van der Waals surface area (Å²) in [6, 6.07) is 5.01. The maximum atomic E-state index is 11.9. The summed E-state index contributed by atoms with van der Waals surface area (Å²) in [6.45, 7) is 2.30. The third-order valence-electron chi connectivity index (χ3n) is 3.16. The smallest absolute Gasteiger partial charge is 0.337 e. The van der Waals surface area contributed by atoms with E-state index < -0.39 is 5.97 Å². The van der Waals surface area contributed by atoms with E-state index in [1.54, 1.807) is 11.0 Å². The zero-order valence-corrected chi connectivity index (χ0v) is 10.8. The lowest BCUT2D eigenvalue weighted by atomic mass is 10.1. The number of carbonyl (C=O) groups is 2. The number of hydrogen-bond acceptors (Lipinski definition) is 2. The number of aryl methyl sites for hydroxylation is 1. The van der Waals surface area contributed by atoms with Gasteiger partial charge in [-0.3, -0.25) is 4.79 Å². The molecule has 0 spiro atoms. The van der Waals surface area contributed by atoms with Crippen molar-refractivity contribution in [3.63, 3.8) is 0 Å². The van der Waals surface area contributed by atoms with Gasteiger partial charge in [0, 0.05) is 18.8 Å². The lowest BCUT2D eigenvalue weighted by molar-refractivity contribution is -0.117. The van der Waals surface area contributed by atoms with Gasteiger partial charge in [0.2, 0.25) is 5.91 Å². The van der Waals surface area contributed by atoms with Gasteiger partial charge in [-0.15, -0.1) is 11.6 Å². The summed E-state index contributed by atoms with van der Waals surface area (Å²) >= 11 is 5.77. The topological polar surface area (TPSA) is 57.6 Å². The third kappa shape index (κ3) is 2.20. The fourth-order valence-electron chi connectivity index (χ4n) is 2.29. The van der Waals surface area contributed by atoms with Gasteiger partial charge in [-0.25, -0.2) is 4.79 Å². The monoisotopic (exact) mass is 267 g/mol. The molecule has 1 fully saturated rings. The SMILES string of the molecule is Cc1cccc(C(=O)O)c1N1CC(CCl)CC1=O.